The van der Waals surface area contributed by atoms with E-state index >= 15 is 0 Å². The molecule has 16 heavy (non-hydrogen) atoms. The normalized spacial score (nSPS) is 20.0. The van der Waals surface area contributed by atoms with Gasteiger partial charge in [-0.15, -0.1) is 0 Å². The van der Waals surface area contributed by atoms with Crippen LogP contribution in [0.4, 0.5) is 5.69 Å². The minimum atomic E-state index is -0.000972. The number of carbonyl (C=O) groups excluding carboxylic acids is 1. The van der Waals surface area contributed by atoms with Crippen LogP contribution in [0.15, 0.2) is 24.3 Å². The first kappa shape index (κ1) is 11.2. The van der Waals surface area contributed by atoms with Gasteiger partial charge in [-0.25, -0.2) is 0 Å². The molecule has 0 fully saturated rings. The largest absolute Gasteiger partial charge is 0.375 e. The monoisotopic (exact) mass is 217 g/mol. The van der Waals surface area contributed by atoms with E-state index in [0.717, 1.165) is 24.9 Å². The van der Waals surface area contributed by atoms with Gasteiger partial charge >= 0.3 is 0 Å². The highest BCUT2D eigenvalue weighted by Crippen LogP contribution is 2.27. The molecule has 0 spiro atoms. The standard InChI is InChI=1S/C14H19NO/c1-3-6-10(2)14(16)13-9-11-7-4-5-8-12(11)15-13/h4-5,7-8,10,13,15H,3,6,9H2,1-2H3. The van der Waals surface area contributed by atoms with E-state index in [1.54, 1.807) is 0 Å². The molecule has 86 valence electrons. The first-order valence-electron chi connectivity index (χ1n) is 6.10. The minimum Gasteiger partial charge on any atom is -0.375 e. The Labute approximate surface area is 97.1 Å². The summed E-state index contributed by atoms with van der Waals surface area (Å²) in [5.74, 6) is 0.537. The van der Waals surface area contributed by atoms with Gasteiger partial charge in [0.25, 0.3) is 0 Å². The van der Waals surface area contributed by atoms with E-state index in [1.807, 2.05) is 25.1 Å². The van der Waals surface area contributed by atoms with Crippen LogP contribution in [0.1, 0.15) is 32.3 Å². The number of anilines is 1. The molecule has 2 heteroatoms. The van der Waals surface area contributed by atoms with Gasteiger partial charge in [0.05, 0.1) is 6.04 Å². The van der Waals surface area contributed by atoms with Crippen molar-refractivity contribution in [3.05, 3.63) is 29.8 Å². The van der Waals surface area contributed by atoms with Gasteiger partial charge in [0, 0.05) is 18.0 Å². The van der Waals surface area contributed by atoms with Crippen LogP contribution in [0.2, 0.25) is 0 Å². The quantitative estimate of drug-likeness (QED) is 0.840. The molecule has 1 N–H and O–H groups in total. The van der Waals surface area contributed by atoms with Crippen LogP contribution in [-0.2, 0) is 11.2 Å². The summed E-state index contributed by atoms with van der Waals surface area (Å²) in [7, 11) is 0. The van der Waals surface area contributed by atoms with Gasteiger partial charge in [0.1, 0.15) is 0 Å². The number of Topliss-reactive ketones (excluding diaryl/α,β-unsaturated/α-hetero) is 1. The zero-order chi connectivity index (χ0) is 11.5. The summed E-state index contributed by atoms with van der Waals surface area (Å²) >= 11 is 0. The van der Waals surface area contributed by atoms with E-state index in [1.165, 1.54) is 5.56 Å². The molecular formula is C14H19NO. The van der Waals surface area contributed by atoms with E-state index in [0.29, 0.717) is 5.78 Å². The lowest BCUT2D eigenvalue weighted by atomic mass is 9.94. The zero-order valence-corrected chi connectivity index (χ0v) is 9.99. The van der Waals surface area contributed by atoms with Gasteiger partial charge in [-0.1, -0.05) is 38.5 Å². The first-order chi connectivity index (χ1) is 7.72. The number of ketones is 1. The molecule has 1 heterocycles. The molecule has 0 aliphatic carbocycles. The van der Waals surface area contributed by atoms with Crippen LogP contribution < -0.4 is 5.32 Å². The molecule has 0 bridgehead atoms. The highest BCUT2D eigenvalue weighted by atomic mass is 16.1. The fraction of sp³-hybridized carbons (Fsp3) is 0.500. The molecule has 0 saturated heterocycles. The van der Waals surface area contributed by atoms with Gasteiger partial charge < -0.3 is 5.32 Å². The molecule has 2 unspecified atom stereocenters. The average Bonchev–Trinajstić information content (AvgIpc) is 2.71. The fourth-order valence-electron chi connectivity index (χ4n) is 2.39. The second-order valence-corrected chi connectivity index (χ2v) is 4.65. The fourth-order valence-corrected chi connectivity index (χ4v) is 2.39. The third-order valence-electron chi connectivity index (χ3n) is 3.32. The van der Waals surface area contributed by atoms with Gasteiger partial charge in [0.15, 0.2) is 5.78 Å². The molecule has 0 aromatic heterocycles. The molecule has 1 aromatic rings. The Kier molecular flexibility index (Phi) is 3.28. The number of carbonyl (C=O) groups is 1. The van der Waals surface area contributed by atoms with Crippen LogP contribution in [0.25, 0.3) is 0 Å². The molecule has 2 rings (SSSR count). The second-order valence-electron chi connectivity index (χ2n) is 4.65. The van der Waals surface area contributed by atoms with Crippen molar-refractivity contribution in [2.45, 2.75) is 39.2 Å². The number of rotatable bonds is 4. The number of fused-ring (bicyclic) bond motifs is 1. The van der Waals surface area contributed by atoms with Gasteiger partial charge in [0.2, 0.25) is 0 Å². The Morgan fingerprint density at radius 3 is 2.94 bits per heavy atom. The highest BCUT2D eigenvalue weighted by Gasteiger charge is 2.28. The summed E-state index contributed by atoms with van der Waals surface area (Å²) in [5.41, 5.74) is 2.40. The minimum absolute atomic E-state index is 0.000972. The average molecular weight is 217 g/mol. The summed E-state index contributed by atoms with van der Waals surface area (Å²) in [4.78, 5) is 12.1. The van der Waals surface area contributed by atoms with Crippen molar-refractivity contribution < 1.29 is 4.79 Å². The number of benzene rings is 1. The predicted octanol–water partition coefficient (Wildman–Crippen LogP) is 3.03. The highest BCUT2D eigenvalue weighted by molar-refractivity contribution is 5.90. The zero-order valence-electron chi connectivity index (χ0n) is 9.99. The summed E-state index contributed by atoms with van der Waals surface area (Å²) in [6, 6.07) is 8.18. The topological polar surface area (TPSA) is 29.1 Å². The molecule has 2 nitrogen and oxygen atoms in total. The maximum atomic E-state index is 12.1. The lowest BCUT2D eigenvalue weighted by Gasteiger charge is -2.15. The van der Waals surface area contributed by atoms with Crippen molar-refractivity contribution in [3.8, 4) is 0 Å². The Morgan fingerprint density at radius 1 is 1.50 bits per heavy atom. The molecule has 0 radical (unpaired) electrons. The molecule has 2 atom stereocenters. The molecular weight excluding hydrogens is 198 g/mol. The van der Waals surface area contributed by atoms with Gasteiger partial charge in [-0.2, -0.15) is 0 Å². The Morgan fingerprint density at radius 2 is 2.25 bits per heavy atom. The Hall–Kier alpha value is -1.31. The van der Waals surface area contributed by atoms with Crippen molar-refractivity contribution in [1.29, 1.82) is 0 Å². The SMILES string of the molecule is CCCC(C)C(=O)C1Cc2ccccc2N1. The van der Waals surface area contributed by atoms with Crippen LogP contribution in [0.3, 0.4) is 0 Å². The number of nitrogens with one attached hydrogen (secondary N) is 1. The van der Waals surface area contributed by atoms with Crippen molar-refractivity contribution in [2.24, 2.45) is 5.92 Å². The van der Waals surface area contributed by atoms with E-state index in [9.17, 15) is 4.79 Å². The second kappa shape index (κ2) is 4.69. The van der Waals surface area contributed by atoms with E-state index < -0.39 is 0 Å². The molecule has 1 aliphatic rings. The molecule has 1 aliphatic heterocycles. The predicted molar refractivity (Wildman–Crippen MR) is 66.6 cm³/mol. The van der Waals surface area contributed by atoms with Crippen molar-refractivity contribution in [2.75, 3.05) is 5.32 Å². The van der Waals surface area contributed by atoms with Crippen molar-refractivity contribution in [1.82, 2.24) is 0 Å². The van der Waals surface area contributed by atoms with E-state index in [2.05, 4.69) is 18.3 Å². The summed E-state index contributed by atoms with van der Waals surface area (Å²) < 4.78 is 0. The maximum Gasteiger partial charge on any atom is 0.158 e. The van der Waals surface area contributed by atoms with Crippen LogP contribution >= 0.6 is 0 Å². The molecule has 1 aromatic carbocycles. The van der Waals surface area contributed by atoms with Gasteiger partial charge in [-0.05, 0) is 18.1 Å². The van der Waals surface area contributed by atoms with Crippen molar-refractivity contribution >= 4 is 11.5 Å². The van der Waals surface area contributed by atoms with E-state index in [-0.39, 0.29) is 12.0 Å². The summed E-state index contributed by atoms with van der Waals surface area (Å²) in [6.45, 7) is 4.16. The summed E-state index contributed by atoms with van der Waals surface area (Å²) in [5, 5.41) is 3.32. The van der Waals surface area contributed by atoms with Crippen molar-refractivity contribution in [3.63, 3.8) is 0 Å². The Bertz CT molecular complexity index is 361. The van der Waals surface area contributed by atoms with Crippen LogP contribution in [0.5, 0.6) is 0 Å². The molecule has 0 amide bonds. The van der Waals surface area contributed by atoms with E-state index in [4.69, 9.17) is 0 Å². The molecule has 0 saturated carbocycles. The number of para-hydroxylation sites is 1. The van der Waals surface area contributed by atoms with Gasteiger partial charge in [-0.3, -0.25) is 4.79 Å². The summed E-state index contributed by atoms with van der Waals surface area (Å²) in [6.07, 6.45) is 2.92. The number of hydrogen-bond donors (Lipinski definition) is 1. The third kappa shape index (κ3) is 2.11. The van der Waals surface area contributed by atoms with Crippen LogP contribution in [-0.4, -0.2) is 11.8 Å². The first-order valence-corrected chi connectivity index (χ1v) is 6.10. The maximum absolute atomic E-state index is 12.1. The third-order valence-corrected chi connectivity index (χ3v) is 3.32. The lowest BCUT2D eigenvalue weighted by molar-refractivity contribution is -0.123. The van der Waals surface area contributed by atoms with Crippen LogP contribution in [0, 0.1) is 5.92 Å². The number of hydrogen-bond acceptors (Lipinski definition) is 2. The Balaban J connectivity index is 2.03. The lowest BCUT2D eigenvalue weighted by Crippen LogP contribution is -2.31. The smallest absolute Gasteiger partial charge is 0.158 e.